The van der Waals surface area contributed by atoms with E-state index in [-0.39, 0.29) is 40.0 Å². The Bertz CT molecular complexity index is 2850. The van der Waals surface area contributed by atoms with Crippen molar-refractivity contribution in [3.8, 4) is 35.0 Å². The Labute approximate surface area is 382 Å². The highest BCUT2D eigenvalue weighted by Gasteiger charge is 2.41. The van der Waals surface area contributed by atoms with E-state index in [1.165, 1.54) is 19.1 Å². The Hall–Kier alpha value is -7.56. The molecule has 2 heterocycles. The van der Waals surface area contributed by atoms with E-state index >= 15 is 0 Å². The van der Waals surface area contributed by atoms with Gasteiger partial charge in [-0.3, -0.25) is 0 Å². The normalized spacial score (nSPS) is 13.6. The molecule has 14 nitrogen and oxygen atoms in total. The number of halogens is 6. The van der Waals surface area contributed by atoms with E-state index in [1.807, 2.05) is 19.1 Å². The fourth-order valence-electron chi connectivity index (χ4n) is 6.07. The van der Waals surface area contributed by atoms with Crippen molar-refractivity contribution in [2.75, 3.05) is 10.6 Å². The fourth-order valence-corrected chi connectivity index (χ4v) is 7.49. The standard InChI is InChI=1S/C26H28F3N5O2Si.C20H14F3N5O2/c1-16(36-37(6,7)25(2,3)4)22(32-19-12-13-21(31-5)20(14-19)26(27,28)29)24-34-33-23(35-24)18-10-8-17(15-30)9-11-18;1-11(29)17(26-14-7-8-16(25-2)15(9-14)20(21,22)23)19-28-27-18(30-19)13-5-3-12(10-24)4-6-13/h8-14,16,22,32H,1-4,6-7H3;3-9,11,17,26,29H,1H3/t16-,22+;11-,17+/m00/s1. The highest BCUT2D eigenvalue weighted by atomic mass is 28.4. The number of alkyl halides is 6. The van der Waals surface area contributed by atoms with Crippen LogP contribution in [0.3, 0.4) is 0 Å². The van der Waals surface area contributed by atoms with Crippen LogP contribution in [0.25, 0.3) is 32.6 Å². The van der Waals surface area contributed by atoms with Crippen LogP contribution in [0.2, 0.25) is 18.1 Å². The van der Waals surface area contributed by atoms with Gasteiger partial charge in [0.2, 0.25) is 23.6 Å². The SMILES string of the molecule is [C-]#[N+]c1ccc(N[C@@H](c2nnc(-c3ccc(C#N)cc3)o2)[C@H](C)O)cc1C(F)(F)F.[C-]#[N+]c1ccc(N[C@@H](c2nnc(-c3ccc(C#N)cc3)o2)[C@H](C)O[Si](C)(C)C(C)(C)C)cc1C(F)(F)F. The average Bonchev–Trinajstić information content (AvgIpc) is 3.98. The second kappa shape index (κ2) is 20.3. The van der Waals surface area contributed by atoms with Gasteiger partial charge in [-0.15, -0.1) is 20.4 Å². The molecule has 0 aliphatic heterocycles. The summed E-state index contributed by atoms with van der Waals surface area (Å²) >= 11 is 0. The molecule has 21 heteroatoms. The van der Waals surface area contributed by atoms with Crippen molar-refractivity contribution in [2.45, 2.75) is 89.4 Å². The van der Waals surface area contributed by atoms with Gasteiger partial charge in [0.15, 0.2) is 19.7 Å². The second-order valence-corrected chi connectivity index (χ2v) is 21.3. The maximum atomic E-state index is 13.6. The molecule has 0 fully saturated rings. The van der Waals surface area contributed by atoms with Crippen molar-refractivity contribution in [3.63, 3.8) is 0 Å². The number of nitrogens with zero attached hydrogens (tertiary/aromatic N) is 8. The summed E-state index contributed by atoms with van der Waals surface area (Å²) in [6, 6.07) is 21.8. The van der Waals surface area contributed by atoms with Gasteiger partial charge in [0.05, 0.1) is 59.7 Å². The molecular weight excluding hydrogens is 899 g/mol. The van der Waals surface area contributed by atoms with E-state index in [1.54, 1.807) is 48.5 Å². The number of anilines is 2. The summed E-state index contributed by atoms with van der Waals surface area (Å²) in [6.07, 6.45) is -11.0. The van der Waals surface area contributed by atoms with E-state index in [9.17, 15) is 31.4 Å². The molecule has 6 rings (SSSR count). The number of aliphatic hydroxyl groups is 1. The van der Waals surface area contributed by atoms with Gasteiger partial charge in [0.1, 0.15) is 12.1 Å². The number of aliphatic hydroxyl groups excluding tert-OH is 1. The van der Waals surface area contributed by atoms with Gasteiger partial charge in [0, 0.05) is 22.5 Å². The van der Waals surface area contributed by atoms with Gasteiger partial charge in [-0.25, -0.2) is 9.69 Å². The van der Waals surface area contributed by atoms with Crippen molar-refractivity contribution in [3.05, 3.63) is 142 Å². The number of nitriles is 2. The first-order valence-corrected chi connectivity index (χ1v) is 23.0. The van der Waals surface area contributed by atoms with Crippen LogP contribution in [0, 0.1) is 35.8 Å². The van der Waals surface area contributed by atoms with Crippen LogP contribution in [0.15, 0.2) is 93.8 Å². The molecule has 0 aliphatic rings. The van der Waals surface area contributed by atoms with Crippen LogP contribution >= 0.6 is 0 Å². The Balaban J connectivity index is 0.000000256. The lowest BCUT2D eigenvalue weighted by Crippen LogP contribution is -2.45. The second-order valence-electron chi connectivity index (χ2n) is 16.5. The monoisotopic (exact) mass is 940 g/mol. The molecule has 0 spiro atoms. The number of nitrogens with one attached hydrogen (secondary N) is 2. The predicted molar refractivity (Wildman–Crippen MR) is 236 cm³/mol. The molecule has 346 valence electrons. The maximum absolute atomic E-state index is 13.6. The predicted octanol–water partition coefficient (Wildman–Crippen LogP) is 12.5. The van der Waals surface area contributed by atoms with Gasteiger partial charge in [0.25, 0.3) is 0 Å². The number of hydrogen-bond donors (Lipinski definition) is 3. The minimum Gasteiger partial charge on any atom is -0.418 e. The van der Waals surface area contributed by atoms with Crippen molar-refractivity contribution in [2.24, 2.45) is 0 Å². The Morgan fingerprint density at radius 3 is 1.39 bits per heavy atom. The van der Waals surface area contributed by atoms with Crippen molar-refractivity contribution in [1.82, 2.24) is 20.4 Å². The van der Waals surface area contributed by atoms with Crippen LogP contribution in [0.1, 0.15) is 80.7 Å². The summed E-state index contributed by atoms with van der Waals surface area (Å²) in [5.41, 5.74) is -0.916. The van der Waals surface area contributed by atoms with Crippen LogP contribution < -0.4 is 10.6 Å². The van der Waals surface area contributed by atoms with E-state index in [0.717, 1.165) is 24.3 Å². The van der Waals surface area contributed by atoms with Crippen molar-refractivity contribution >= 4 is 31.1 Å². The minimum atomic E-state index is -4.70. The van der Waals surface area contributed by atoms with E-state index in [4.69, 9.17) is 36.9 Å². The number of benzene rings is 4. The summed E-state index contributed by atoms with van der Waals surface area (Å²) in [5, 5.41) is 49.8. The zero-order chi connectivity index (χ0) is 49.5. The van der Waals surface area contributed by atoms with Gasteiger partial charge in [-0.2, -0.15) is 36.9 Å². The van der Waals surface area contributed by atoms with Crippen molar-refractivity contribution < 1.29 is 44.7 Å². The minimum absolute atomic E-state index is 0.0266. The highest BCUT2D eigenvalue weighted by Crippen LogP contribution is 2.42. The van der Waals surface area contributed by atoms with Gasteiger partial charge >= 0.3 is 12.4 Å². The number of aromatic nitrogens is 4. The molecule has 0 saturated heterocycles. The first kappa shape index (κ1) is 50.4. The summed E-state index contributed by atoms with van der Waals surface area (Å²) in [7, 11) is -2.28. The molecule has 4 aromatic carbocycles. The van der Waals surface area contributed by atoms with Crippen LogP contribution in [-0.4, -0.2) is 46.0 Å². The van der Waals surface area contributed by atoms with Crippen molar-refractivity contribution in [1.29, 1.82) is 10.5 Å². The smallest absolute Gasteiger partial charge is 0.407 e. The molecular formula is C46H42F6N10O4Si. The molecule has 0 radical (unpaired) electrons. The van der Waals surface area contributed by atoms with E-state index < -0.39 is 67.5 Å². The van der Waals surface area contributed by atoms with E-state index in [2.05, 4.69) is 74.6 Å². The van der Waals surface area contributed by atoms with Crippen LogP contribution in [0.4, 0.5) is 49.1 Å². The summed E-state index contributed by atoms with van der Waals surface area (Å²) in [6.45, 7) is 27.6. The molecule has 0 aliphatic carbocycles. The number of hydrogen-bond acceptors (Lipinski definition) is 12. The zero-order valence-electron chi connectivity index (χ0n) is 36.9. The fraction of sp³-hybridized carbons (Fsp3) is 0.304. The van der Waals surface area contributed by atoms with Crippen LogP contribution in [0.5, 0.6) is 0 Å². The number of rotatable bonds is 12. The van der Waals surface area contributed by atoms with Gasteiger partial charge in [-0.05, 0) is 105 Å². The largest absolute Gasteiger partial charge is 0.418 e. The highest BCUT2D eigenvalue weighted by molar-refractivity contribution is 6.74. The zero-order valence-corrected chi connectivity index (χ0v) is 37.9. The lowest BCUT2D eigenvalue weighted by atomic mass is 10.1. The molecule has 0 bridgehead atoms. The molecule has 4 atom stereocenters. The Morgan fingerprint density at radius 1 is 0.657 bits per heavy atom. The first-order chi connectivity index (χ1) is 31.4. The lowest BCUT2D eigenvalue weighted by Gasteiger charge is -2.40. The quantitative estimate of drug-likeness (QED) is 0.0599. The molecule has 0 amide bonds. The lowest BCUT2D eigenvalue weighted by molar-refractivity contribution is -0.137. The van der Waals surface area contributed by atoms with Gasteiger partial charge < -0.3 is 29.0 Å². The summed E-state index contributed by atoms with van der Waals surface area (Å²) in [4.78, 5) is 5.89. The third kappa shape index (κ3) is 12.4. The van der Waals surface area contributed by atoms with E-state index in [0.29, 0.717) is 22.3 Å². The molecule has 2 aromatic heterocycles. The summed E-state index contributed by atoms with van der Waals surface area (Å²) in [5.74, 6) is 0.423. The van der Waals surface area contributed by atoms with Crippen LogP contribution in [-0.2, 0) is 16.8 Å². The molecule has 3 N–H and O–H groups in total. The summed E-state index contributed by atoms with van der Waals surface area (Å²) < 4.78 is 98.4. The Kier molecular flexibility index (Phi) is 15.3. The topological polar surface area (TPSA) is 188 Å². The van der Waals surface area contributed by atoms with Gasteiger partial charge in [-0.1, -0.05) is 32.9 Å². The molecule has 6 aromatic rings. The molecule has 67 heavy (non-hydrogen) atoms. The molecule has 0 saturated carbocycles. The molecule has 0 unspecified atom stereocenters. The average molecular weight is 941 g/mol. The maximum Gasteiger partial charge on any atom is 0.407 e. The third-order valence-electron chi connectivity index (χ3n) is 10.7. The first-order valence-electron chi connectivity index (χ1n) is 20.1. The third-order valence-corrected chi connectivity index (χ3v) is 15.2. The Morgan fingerprint density at radius 2 is 1.04 bits per heavy atom.